The molecule has 24 heavy (non-hydrogen) atoms. The zero-order valence-corrected chi connectivity index (χ0v) is 14.9. The van der Waals surface area contributed by atoms with Crippen LogP contribution >= 0.6 is 0 Å². The van der Waals surface area contributed by atoms with E-state index < -0.39 is 6.10 Å². The maximum Gasteiger partial charge on any atom is 0.130 e. The summed E-state index contributed by atoms with van der Waals surface area (Å²) in [7, 11) is 1.67. The highest BCUT2D eigenvalue weighted by Crippen LogP contribution is 2.18. The SMILES string of the molecule is COc1ccc(CCC[NH2+]C(C)C(O)c2ccc(O)cc2)cc1.[Cl-]. The van der Waals surface area contributed by atoms with Gasteiger partial charge in [-0.1, -0.05) is 24.3 Å². The number of benzene rings is 2. The summed E-state index contributed by atoms with van der Waals surface area (Å²) in [5.41, 5.74) is 2.13. The standard InChI is InChI=1S/C19H25NO3.ClH/c1-14(19(22)16-7-9-17(21)10-8-16)20-13-3-4-15-5-11-18(23-2)12-6-15;/h5-12,14,19-22H,3-4,13H2,1-2H3;1H. The van der Waals surface area contributed by atoms with E-state index in [0.717, 1.165) is 30.7 Å². The van der Waals surface area contributed by atoms with Gasteiger partial charge in [-0.2, -0.15) is 0 Å². The number of rotatable bonds is 8. The summed E-state index contributed by atoms with van der Waals surface area (Å²) in [6.45, 7) is 2.98. The summed E-state index contributed by atoms with van der Waals surface area (Å²) in [6.07, 6.45) is 1.54. The molecule has 2 rings (SSSR count). The van der Waals surface area contributed by atoms with Crippen LogP contribution in [0, 0.1) is 0 Å². The zero-order valence-electron chi connectivity index (χ0n) is 14.2. The summed E-state index contributed by atoms with van der Waals surface area (Å²) in [4.78, 5) is 0. The van der Waals surface area contributed by atoms with Gasteiger partial charge in [-0.25, -0.2) is 0 Å². The van der Waals surface area contributed by atoms with Crippen molar-refractivity contribution in [1.82, 2.24) is 0 Å². The number of phenolic OH excluding ortho intramolecular Hbond substituents is 1. The number of halogens is 1. The van der Waals surface area contributed by atoms with Crippen molar-refractivity contribution in [2.24, 2.45) is 0 Å². The molecule has 0 aliphatic carbocycles. The molecule has 2 aromatic rings. The first-order valence-electron chi connectivity index (χ1n) is 8.03. The first-order valence-corrected chi connectivity index (χ1v) is 8.03. The molecular formula is C19H26ClNO3. The van der Waals surface area contributed by atoms with Crippen molar-refractivity contribution in [3.05, 3.63) is 59.7 Å². The number of phenols is 1. The van der Waals surface area contributed by atoms with Crippen LogP contribution < -0.4 is 22.5 Å². The van der Waals surface area contributed by atoms with E-state index >= 15 is 0 Å². The van der Waals surface area contributed by atoms with Gasteiger partial charge in [0, 0.05) is 6.42 Å². The molecule has 0 radical (unpaired) electrons. The number of aryl methyl sites for hydroxylation is 1. The van der Waals surface area contributed by atoms with E-state index in [2.05, 4.69) is 17.4 Å². The summed E-state index contributed by atoms with van der Waals surface area (Å²) < 4.78 is 5.15. The number of ether oxygens (including phenoxy) is 1. The number of aromatic hydroxyl groups is 1. The predicted molar refractivity (Wildman–Crippen MR) is 90.6 cm³/mol. The summed E-state index contributed by atoms with van der Waals surface area (Å²) in [6, 6.07) is 15.0. The molecule has 2 aromatic carbocycles. The van der Waals surface area contributed by atoms with Gasteiger partial charge in [0.2, 0.25) is 0 Å². The molecule has 0 saturated carbocycles. The maximum absolute atomic E-state index is 10.3. The van der Waals surface area contributed by atoms with Crippen molar-refractivity contribution in [1.29, 1.82) is 0 Å². The molecule has 0 aromatic heterocycles. The average Bonchev–Trinajstić information content (AvgIpc) is 2.59. The fourth-order valence-corrected chi connectivity index (χ4v) is 2.58. The minimum atomic E-state index is -0.531. The smallest absolute Gasteiger partial charge is 0.130 e. The highest BCUT2D eigenvalue weighted by Gasteiger charge is 2.18. The Kier molecular flexibility index (Phi) is 8.61. The summed E-state index contributed by atoms with van der Waals surface area (Å²) >= 11 is 0. The molecule has 2 atom stereocenters. The number of aliphatic hydroxyl groups excluding tert-OH is 1. The number of aliphatic hydroxyl groups is 1. The van der Waals surface area contributed by atoms with Gasteiger partial charge in [0.25, 0.3) is 0 Å². The quantitative estimate of drug-likeness (QED) is 0.536. The molecule has 0 bridgehead atoms. The largest absolute Gasteiger partial charge is 1.00 e. The lowest BCUT2D eigenvalue weighted by molar-refractivity contribution is -0.694. The third-order valence-electron chi connectivity index (χ3n) is 4.10. The molecule has 132 valence electrons. The van der Waals surface area contributed by atoms with E-state index in [1.165, 1.54) is 5.56 Å². The fraction of sp³-hybridized carbons (Fsp3) is 0.368. The van der Waals surface area contributed by atoms with Crippen LogP contribution in [0.2, 0.25) is 0 Å². The average molecular weight is 352 g/mol. The van der Waals surface area contributed by atoms with Gasteiger partial charge >= 0.3 is 0 Å². The molecule has 0 aliphatic rings. The first-order chi connectivity index (χ1) is 11.1. The third-order valence-corrected chi connectivity index (χ3v) is 4.10. The Bertz CT molecular complexity index is 587. The molecule has 0 fully saturated rings. The van der Waals surface area contributed by atoms with Gasteiger partial charge in [0.15, 0.2) is 0 Å². The molecule has 4 nitrogen and oxygen atoms in total. The van der Waals surface area contributed by atoms with E-state index in [-0.39, 0.29) is 24.2 Å². The normalized spacial score (nSPS) is 13.0. The molecule has 0 saturated heterocycles. The lowest BCUT2D eigenvalue weighted by atomic mass is 10.0. The first kappa shape index (κ1) is 20.3. The van der Waals surface area contributed by atoms with Crippen molar-refractivity contribution < 1.29 is 32.7 Å². The van der Waals surface area contributed by atoms with Crippen LogP contribution in [0.4, 0.5) is 0 Å². The molecular weight excluding hydrogens is 326 g/mol. The van der Waals surface area contributed by atoms with Gasteiger partial charge in [0.05, 0.1) is 13.7 Å². The van der Waals surface area contributed by atoms with Gasteiger partial charge < -0.3 is 32.7 Å². The van der Waals surface area contributed by atoms with E-state index in [1.807, 2.05) is 19.1 Å². The Labute approximate surface area is 149 Å². The fourth-order valence-electron chi connectivity index (χ4n) is 2.58. The Hall–Kier alpha value is -1.75. The van der Waals surface area contributed by atoms with Crippen molar-refractivity contribution >= 4 is 0 Å². The monoisotopic (exact) mass is 351 g/mol. The molecule has 4 N–H and O–H groups in total. The maximum atomic E-state index is 10.3. The minimum Gasteiger partial charge on any atom is -1.00 e. The van der Waals surface area contributed by atoms with Crippen LogP contribution in [0.15, 0.2) is 48.5 Å². The van der Waals surface area contributed by atoms with E-state index in [0.29, 0.717) is 0 Å². The topological polar surface area (TPSA) is 66.3 Å². The van der Waals surface area contributed by atoms with E-state index in [1.54, 1.807) is 31.4 Å². The van der Waals surface area contributed by atoms with E-state index in [4.69, 9.17) is 4.74 Å². The number of methoxy groups -OCH3 is 1. The van der Waals surface area contributed by atoms with Crippen LogP contribution in [-0.2, 0) is 6.42 Å². The second-order valence-electron chi connectivity index (χ2n) is 5.87. The van der Waals surface area contributed by atoms with Crippen molar-refractivity contribution in [3.63, 3.8) is 0 Å². The second kappa shape index (κ2) is 10.2. The molecule has 5 heteroatoms. The number of hydrogen-bond donors (Lipinski definition) is 3. The molecule has 0 aliphatic heterocycles. The van der Waals surface area contributed by atoms with Crippen LogP contribution in [0.3, 0.4) is 0 Å². The van der Waals surface area contributed by atoms with Crippen LogP contribution in [0.5, 0.6) is 11.5 Å². The Morgan fingerprint density at radius 1 is 1.04 bits per heavy atom. The van der Waals surface area contributed by atoms with Crippen molar-refractivity contribution in [2.45, 2.75) is 31.9 Å². The lowest BCUT2D eigenvalue weighted by Crippen LogP contribution is -3.00. The van der Waals surface area contributed by atoms with Gasteiger partial charge in [-0.3, -0.25) is 0 Å². The lowest BCUT2D eigenvalue weighted by Gasteiger charge is -2.18. The summed E-state index contributed by atoms with van der Waals surface area (Å²) in [5.74, 6) is 1.10. The number of nitrogens with two attached hydrogens (primary N) is 1. The van der Waals surface area contributed by atoms with Crippen molar-refractivity contribution in [2.75, 3.05) is 13.7 Å². The van der Waals surface area contributed by atoms with Crippen LogP contribution in [-0.4, -0.2) is 29.9 Å². The van der Waals surface area contributed by atoms with Gasteiger partial charge in [0.1, 0.15) is 23.6 Å². The summed E-state index contributed by atoms with van der Waals surface area (Å²) in [5, 5.41) is 21.8. The van der Waals surface area contributed by atoms with Crippen LogP contribution in [0.1, 0.15) is 30.6 Å². The Balaban J connectivity index is 0.00000288. The highest BCUT2D eigenvalue weighted by molar-refractivity contribution is 5.28. The Morgan fingerprint density at radius 2 is 1.67 bits per heavy atom. The van der Waals surface area contributed by atoms with Crippen molar-refractivity contribution in [3.8, 4) is 11.5 Å². The Morgan fingerprint density at radius 3 is 2.25 bits per heavy atom. The zero-order chi connectivity index (χ0) is 16.7. The predicted octanol–water partition coefficient (Wildman–Crippen LogP) is -0.977. The molecule has 0 spiro atoms. The minimum absolute atomic E-state index is 0. The molecule has 0 amide bonds. The molecule has 0 heterocycles. The second-order valence-corrected chi connectivity index (χ2v) is 5.87. The van der Waals surface area contributed by atoms with E-state index in [9.17, 15) is 10.2 Å². The highest BCUT2D eigenvalue weighted by atomic mass is 35.5. The third kappa shape index (κ3) is 6.04. The number of hydrogen-bond acceptors (Lipinski definition) is 3. The number of quaternary nitrogens is 1. The van der Waals surface area contributed by atoms with Gasteiger partial charge in [-0.05, 0) is 48.7 Å². The molecule has 2 unspecified atom stereocenters. The van der Waals surface area contributed by atoms with Crippen LogP contribution in [0.25, 0.3) is 0 Å². The van der Waals surface area contributed by atoms with Gasteiger partial charge in [-0.15, -0.1) is 0 Å².